The Labute approximate surface area is 170 Å². The van der Waals surface area contributed by atoms with Gasteiger partial charge in [0.15, 0.2) is 4.34 Å². The van der Waals surface area contributed by atoms with Gasteiger partial charge in [0.1, 0.15) is 6.04 Å². The molecule has 1 amide bonds. The number of carbonyl (C=O) groups excluding carboxylic acids is 1. The first-order valence-corrected chi connectivity index (χ1v) is 11.8. The van der Waals surface area contributed by atoms with Crippen LogP contribution in [0.1, 0.15) is 20.3 Å². The molecule has 1 aromatic heterocycles. The number of sulfonamides is 1. The van der Waals surface area contributed by atoms with Gasteiger partial charge in [-0.05, 0) is 19.4 Å². The molecule has 1 heterocycles. The third-order valence-corrected chi connectivity index (χ3v) is 6.87. The van der Waals surface area contributed by atoms with Crippen molar-refractivity contribution in [2.75, 3.05) is 21.6 Å². The van der Waals surface area contributed by atoms with Crippen molar-refractivity contribution in [2.45, 2.75) is 30.6 Å². The molecule has 2 rings (SSSR count). The summed E-state index contributed by atoms with van der Waals surface area (Å²) in [7, 11) is -3.89. The number of hydrogen-bond donors (Lipinski definition) is 1. The van der Waals surface area contributed by atoms with E-state index in [1.165, 1.54) is 48.2 Å². The Kier molecular flexibility index (Phi) is 7.32. The molecule has 1 atom stereocenters. The van der Waals surface area contributed by atoms with Crippen molar-refractivity contribution in [1.29, 1.82) is 0 Å². The van der Waals surface area contributed by atoms with Gasteiger partial charge in [-0.25, -0.2) is 8.42 Å². The lowest BCUT2D eigenvalue weighted by Crippen LogP contribution is -2.45. The molecule has 1 unspecified atom stereocenters. The Morgan fingerprint density at radius 3 is 2.75 bits per heavy atom. The lowest BCUT2D eigenvalue weighted by atomic mass is 10.2. The number of thioether (sulfide) groups is 1. The van der Waals surface area contributed by atoms with Crippen molar-refractivity contribution in [3.63, 3.8) is 0 Å². The highest BCUT2D eigenvalue weighted by molar-refractivity contribution is 8.01. The van der Waals surface area contributed by atoms with Gasteiger partial charge in [-0.1, -0.05) is 36.1 Å². The zero-order valence-electron chi connectivity index (χ0n) is 15.4. The summed E-state index contributed by atoms with van der Waals surface area (Å²) in [6.07, 6.45) is 1.90. The highest BCUT2D eigenvalue weighted by Gasteiger charge is 2.30. The van der Waals surface area contributed by atoms with Crippen LogP contribution < -0.4 is 9.62 Å². The molecule has 2 aromatic rings. The topological polar surface area (TPSA) is 135 Å². The molecule has 0 aliphatic heterocycles. The largest absolute Gasteiger partial charge is 0.299 e. The number of carbonyl (C=O) groups is 1. The minimum atomic E-state index is -3.89. The maximum Gasteiger partial charge on any atom is 0.271 e. The highest BCUT2D eigenvalue weighted by atomic mass is 32.2. The van der Waals surface area contributed by atoms with Crippen LogP contribution in [-0.2, 0) is 14.8 Å². The first-order valence-electron chi connectivity index (χ1n) is 8.14. The maximum atomic E-state index is 12.6. The lowest BCUT2D eigenvalue weighted by molar-refractivity contribution is -0.384. The summed E-state index contributed by atoms with van der Waals surface area (Å²) in [5.41, 5.74) is -0.253. The SMILES string of the molecule is CCCSc1nnc(NC(=O)C(C)N(c2cccc([N+](=O)[O-])c2)S(C)(=O)=O)s1. The van der Waals surface area contributed by atoms with Gasteiger partial charge in [0.2, 0.25) is 21.1 Å². The average Bonchev–Trinajstić information content (AvgIpc) is 3.06. The monoisotopic (exact) mass is 445 g/mol. The van der Waals surface area contributed by atoms with Crippen molar-refractivity contribution < 1.29 is 18.1 Å². The van der Waals surface area contributed by atoms with Gasteiger partial charge in [0, 0.05) is 17.9 Å². The summed E-state index contributed by atoms with van der Waals surface area (Å²) in [6.45, 7) is 3.43. The van der Waals surface area contributed by atoms with Gasteiger partial charge in [-0.2, -0.15) is 0 Å². The molecular formula is C15H19N5O5S3. The molecule has 0 saturated carbocycles. The van der Waals surface area contributed by atoms with Crippen LogP contribution in [0.4, 0.5) is 16.5 Å². The molecular weight excluding hydrogens is 426 g/mol. The highest BCUT2D eigenvalue weighted by Crippen LogP contribution is 2.28. The molecule has 0 aliphatic rings. The van der Waals surface area contributed by atoms with E-state index in [1.807, 2.05) is 6.92 Å². The summed E-state index contributed by atoms with van der Waals surface area (Å²) >= 11 is 2.70. The van der Waals surface area contributed by atoms with E-state index in [1.54, 1.807) is 0 Å². The van der Waals surface area contributed by atoms with Crippen LogP contribution in [0.3, 0.4) is 0 Å². The van der Waals surface area contributed by atoms with E-state index < -0.39 is 26.9 Å². The van der Waals surface area contributed by atoms with Crippen LogP contribution in [-0.4, -0.2) is 47.5 Å². The van der Waals surface area contributed by atoms with Crippen LogP contribution in [0, 0.1) is 10.1 Å². The maximum absolute atomic E-state index is 12.6. The van der Waals surface area contributed by atoms with Gasteiger partial charge in [-0.3, -0.25) is 24.5 Å². The van der Waals surface area contributed by atoms with Crippen LogP contribution in [0.25, 0.3) is 0 Å². The number of benzene rings is 1. The van der Waals surface area contributed by atoms with E-state index in [-0.39, 0.29) is 16.5 Å². The lowest BCUT2D eigenvalue weighted by Gasteiger charge is -2.27. The summed E-state index contributed by atoms with van der Waals surface area (Å²) in [5.74, 6) is 0.244. The molecule has 0 radical (unpaired) electrons. The second-order valence-corrected chi connectivity index (χ2v) is 9.90. The Morgan fingerprint density at radius 2 is 2.14 bits per heavy atom. The minimum Gasteiger partial charge on any atom is -0.299 e. The van der Waals surface area contributed by atoms with E-state index >= 15 is 0 Å². The average molecular weight is 446 g/mol. The fraction of sp³-hybridized carbons (Fsp3) is 0.400. The molecule has 10 nitrogen and oxygen atoms in total. The molecule has 0 saturated heterocycles. The van der Waals surface area contributed by atoms with Crippen molar-refractivity contribution >= 4 is 55.5 Å². The van der Waals surface area contributed by atoms with Crippen LogP contribution >= 0.6 is 23.1 Å². The molecule has 0 fully saturated rings. The molecule has 1 aromatic carbocycles. The Bertz CT molecular complexity index is 962. The zero-order valence-corrected chi connectivity index (χ0v) is 17.8. The Morgan fingerprint density at radius 1 is 1.43 bits per heavy atom. The number of nitro benzene ring substituents is 1. The first kappa shape index (κ1) is 22.0. The fourth-order valence-electron chi connectivity index (χ4n) is 2.27. The summed E-state index contributed by atoms with van der Waals surface area (Å²) < 4.78 is 26.1. The van der Waals surface area contributed by atoms with E-state index in [4.69, 9.17) is 0 Å². The minimum absolute atomic E-state index is 0.0239. The van der Waals surface area contributed by atoms with Crippen LogP contribution in [0.2, 0.25) is 0 Å². The molecule has 0 aliphatic carbocycles. The molecule has 28 heavy (non-hydrogen) atoms. The molecule has 0 bridgehead atoms. The van der Waals surface area contributed by atoms with Crippen molar-refractivity contribution in [3.8, 4) is 0 Å². The summed E-state index contributed by atoms with van der Waals surface area (Å²) in [6, 6.07) is 3.94. The molecule has 13 heteroatoms. The number of nitrogens with one attached hydrogen (secondary N) is 1. The number of non-ortho nitro benzene ring substituents is 1. The second-order valence-electron chi connectivity index (χ2n) is 5.72. The summed E-state index contributed by atoms with van der Waals surface area (Å²) in [5, 5.41) is 21.6. The molecule has 0 spiro atoms. The zero-order chi connectivity index (χ0) is 20.9. The van der Waals surface area contributed by atoms with E-state index in [9.17, 15) is 23.3 Å². The van der Waals surface area contributed by atoms with E-state index in [2.05, 4.69) is 15.5 Å². The quantitative estimate of drug-likeness (QED) is 0.269. The van der Waals surface area contributed by atoms with Crippen LogP contribution in [0.5, 0.6) is 0 Å². The number of hydrogen-bond acceptors (Lipinski definition) is 9. The van der Waals surface area contributed by atoms with Crippen molar-refractivity contribution in [2.24, 2.45) is 0 Å². The number of nitrogens with zero attached hydrogens (tertiary/aromatic N) is 4. The number of nitro groups is 1. The number of aromatic nitrogens is 2. The first-order chi connectivity index (χ1) is 13.1. The van der Waals surface area contributed by atoms with Gasteiger partial charge in [0.25, 0.3) is 5.69 Å². The number of rotatable bonds is 9. The smallest absolute Gasteiger partial charge is 0.271 e. The Hall–Kier alpha value is -2.25. The number of anilines is 2. The van der Waals surface area contributed by atoms with Crippen molar-refractivity contribution in [3.05, 3.63) is 34.4 Å². The standard InChI is InChI=1S/C15H19N5O5S3/c1-4-8-26-15-18-17-14(27-15)16-13(21)10(2)19(28(3,24)25)11-6-5-7-12(9-11)20(22)23/h5-7,9-10H,4,8H2,1-3H3,(H,16,17,21). The van der Waals surface area contributed by atoms with E-state index in [0.717, 1.165) is 28.8 Å². The van der Waals surface area contributed by atoms with Gasteiger partial charge in [-0.15, -0.1) is 10.2 Å². The van der Waals surface area contributed by atoms with Gasteiger partial charge in [0.05, 0.1) is 16.9 Å². The Balaban J connectivity index is 2.24. The van der Waals surface area contributed by atoms with Gasteiger partial charge >= 0.3 is 0 Å². The normalized spacial score (nSPS) is 12.4. The molecule has 1 N–H and O–H groups in total. The fourth-order valence-corrected chi connectivity index (χ4v) is 5.12. The third-order valence-electron chi connectivity index (χ3n) is 3.45. The van der Waals surface area contributed by atoms with Crippen molar-refractivity contribution in [1.82, 2.24) is 10.2 Å². The third kappa shape index (κ3) is 5.62. The predicted molar refractivity (Wildman–Crippen MR) is 109 cm³/mol. The van der Waals surface area contributed by atoms with Gasteiger partial charge < -0.3 is 0 Å². The predicted octanol–water partition coefficient (Wildman–Crippen LogP) is 2.74. The number of amides is 1. The second kappa shape index (κ2) is 9.30. The summed E-state index contributed by atoms with van der Waals surface area (Å²) in [4.78, 5) is 23.0. The van der Waals surface area contributed by atoms with E-state index in [0.29, 0.717) is 4.34 Å². The van der Waals surface area contributed by atoms with Crippen LogP contribution in [0.15, 0.2) is 28.6 Å². The molecule has 152 valence electrons.